The molecule has 168 valence electrons. The van der Waals surface area contributed by atoms with Crippen LogP contribution in [-0.4, -0.2) is 31.7 Å². The molecular formula is C20H19Cl2F3N2O3S. The SMILES string of the molecule is O=C(Nc1ccc(C(F)(F)F)cc1)C1CCCN(S(=O)(=O)Cc2ccc(Cl)c(Cl)c2)C1. The van der Waals surface area contributed by atoms with Gasteiger partial charge < -0.3 is 5.32 Å². The number of hydrogen-bond acceptors (Lipinski definition) is 3. The normalized spacial score (nSPS) is 18.0. The molecule has 3 rings (SSSR count). The zero-order valence-corrected chi connectivity index (χ0v) is 18.5. The predicted molar refractivity (Wildman–Crippen MR) is 113 cm³/mol. The maximum Gasteiger partial charge on any atom is 0.416 e. The maximum absolute atomic E-state index is 12.8. The zero-order valence-electron chi connectivity index (χ0n) is 16.1. The second-order valence-corrected chi connectivity index (χ2v) is 10.0. The molecule has 11 heteroatoms. The number of alkyl halides is 3. The number of carbonyl (C=O) groups excluding carboxylic acids is 1. The molecule has 1 N–H and O–H groups in total. The molecule has 5 nitrogen and oxygen atoms in total. The van der Waals surface area contributed by atoms with Gasteiger partial charge in [0.1, 0.15) is 0 Å². The van der Waals surface area contributed by atoms with Gasteiger partial charge in [-0.2, -0.15) is 13.2 Å². The molecule has 0 spiro atoms. The van der Waals surface area contributed by atoms with Gasteiger partial charge in [-0.1, -0.05) is 29.3 Å². The van der Waals surface area contributed by atoms with Crippen LogP contribution in [0.3, 0.4) is 0 Å². The number of benzene rings is 2. The second kappa shape index (κ2) is 9.36. The molecule has 1 fully saturated rings. The van der Waals surface area contributed by atoms with E-state index in [9.17, 15) is 26.4 Å². The number of nitrogens with one attached hydrogen (secondary N) is 1. The van der Waals surface area contributed by atoms with E-state index in [-0.39, 0.29) is 29.6 Å². The summed E-state index contributed by atoms with van der Waals surface area (Å²) < 4.78 is 64.9. The van der Waals surface area contributed by atoms with Crippen molar-refractivity contribution in [2.75, 3.05) is 18.4 Å². The third-order valence-corrected chi connectivity index (χ3v) is 7.52. The third-order valence-electron chi connectivity index (χ3n) is 4.96. The van der Waals surface area contributed by atoms with Crippen LogP contribution in [0.2, 0.25) is 10.0 Å². The average molecular weight is 495 g/mol. The highest BCUT2D eigenvalue weighted by Gasteiger charge is 2.33. The Hall–Kier alpha value is -1.81. The van der Waals surface area contributed by atoms with Crippen LogP contribution in [0.5, 0.6) is 0 Å². The lowest BCUT2D eigenvalue weighted by atomic mass is 9.98. The summed E-state index contributed by atoms with van der Waals surface area (Å²) in [6.45, 7) is 0.282. The van der Waals surface area contributed by atoms with Gasteiger partial charge >= 0.3 is 6.18 Å². The van der Waals surface area contributed by atoms with Crippen LogP contribution in [0.1, 0.15) is 24.0 Å². The number of carbonyl (C=O) groups is 1. The smallest absolute Gasteiger partial charge is 0.326 e. The first kappa shape index (κ1) is 23.8. The number of halogens is 5. The highest BCUT2D eigenvalue weighted by Crippen LogP contribution is 2.30. The first-order valence-corrected chi connectivity index (χ1v) is 11.7. The molecule has 1 aliphatic rings. The van der Waals surface area contributed by atoms with Gasteiger partial charge in [0.05, 0.1) is 27.3 Å². The number of amides is 1. The topological polar surface area (TPSA) is 66.5 Å². The van der Waals surface area contributed by atoms with Gasteiger partial charge in [-0.3, -0.25) is 4.79 Å². The zero-order chi connectivity index (χ0) is 22.8. The van der Waals surface area contributed by atoms with Gasteiger partial charge in [0, 0.05) is 18.8 Å². The largest absolute Gasteiger partial charge is 0.416 e. The Morgan fingerprint density at radius 3 is 2.39 bits per heavy atom. The van der Waals surface area contributed by atoms with Crippen LogP contribution in [0.4, 0.5) is 18.9 Å². The molecule has 1 atom stereocenters. The third kappa shape index (κ3) is 6.12. The van der Waals surface area contributed by atoms with Gasteiger partial charge in [-0.05, 0) is 54.8 Å². The molecule has 2 aromatic rings. The lowest BCUT2D eigenvalue weighted by Crippen LogP contribution is -2.44. The minimum Gasteiger partial charge on any atom is -0.326 e. The summed E-state index contributed by atoms with van der Waals surface area (Å²) in [7, 11) is -3.70. The van der Waals surface area contributed by atoms with E-state index >= 15 is 0 Å². The molecular weight excluding hydrogens is 476 g/mol. The van der Waals surface area contributed by atoms with E-state index < -0.39 is 33.6 Å². The summed E-state index contributed by atoms with van der Waals surface area (Å²) in [6, 6.07) is 8.68. The number of sulfonamides is 1. The molecule has 2 aromatic carbocycles. The number of nitrogens with zero attached hydrogens (tertiary/aromatic N) is 1. The van der Waals surface area contributed by atoms with E-state index in [1.54, 1.807) is 6.07 Å². The summed E-state index contributed by atoms with van der Waals surface area (Å²) in [5.41, 5.74) is -0.123. The highest BCUT2D eigenvalue weighted by molar-refractivity contribution is 7.88. The first-order valence-electron chi connectivity index (χ1n) is 9.35. The van der Waals surface area contributed by atoms with Crippen LogP contribution >= 0.6 is 23.2 Å². The maximum atomic E-state index is 12.8. The van der Waals surface area contributed by atoms with Crippen LogP contribution in [-0.2, 0) is 26.7 Å². The van der Waals surface area contributed by atoms with Gasteiger partial charge in [0.25, 0.3) is 0 Å². The fourth-order valence-electron chi connectivity index (χ4n) is 3.33. The van der Waals surface area contributed by atoms with Crippen molar-refractivity contribution in [1.29, 1.82) is 0 Å². The van der Waals surface area contributed by atoms with E-state index in [1.165, 1.54) is 28.6 Å². The first-order chi connectivity index (χ1) is 14.5. The predicted octanol–water partition coefficient (Wildman–Crippen LogP) is 5.19. The Morgan fingerprint density at radius 1 is 1.10 bits per heavy atom. The minimum atomic E-state index is -4.46. The van der Waals surface area contributed by atoms with Gasteiger partial charge in [0.15, 0.2) is 0 Å². The van der Waals surface area contributed by atoms with E-state index in [0.29, 0.717) is 23.4 Å². The number of anilines is 1. The summed E-state index contributed by atoms with van der Waals surface area (Å²) >= 11 is 11.8. The Kier molecular flexibility index (Phi) is 7.20. The average Bonchev–Trinajstić information content (AvgIpc) is 2.70. The van der Waals surface area contributed by atoms with Crippen LogP contribution in [0.25, 0.3) is 0 Å². The summed E-state index contributed by atoms with van der Waals surface area (Å²) in [5, 5.41) is 3.14. The van der Waals surface area contributed by atoms with Gasteiger partial charge in [-0.25, -0.2) is 12.7 Å². The Balaban J connectivity index is 1.65. The Bertz CT molecular complexity index is 1060. The summed E-state index contributed by atoms with van der Waals surface area (Å²) in [5.74, 6) is -1.33. The summed E-state index contributed by atoms with van der Waals surface area (Å²) in [6.07, 6.45) is -3.49. The molecule has 1 saturated heterocycles. The lowest BCUT2D eigenvalue weighted by molar-refractivity contribution is -0.137. The van der Waals surface area contributed by atoms with E-state index in [1.807, 2.05) is 0 Å². The quantitative estimate of drug-likeness (QED) is 0.621. The number of rotatable bonds is 5. The summed E-state index contributed by atoms with van der Waals surface area (Å²) in [4.78, 5) is 12.6. The van der Waals surface area contributed by atoms with E-state index in [2.05, 4.69) is 5.32 Å². The van der Waals surface area contributed by atoms with Crippen molar-refractivity contribution in [2.24, 2.45) is 5.92 Å². The van der Waals surface area contributed by atoms with Crippen molar-refractivity contribution in [3.63, 3.8) is 0 Å². The fraction of sp³-hybridized carbons (Fsp3) is 0.350. The fourth-order valence-corrected chi connectivity index (χ4v) is 5.25. The molecule has 0 radical (unpaired) electrons. The molecule has 0 aliphatic carbocycles. The number of piperidine rings is 1. The molecule has 1 aliphatic heterocycles. The van der Waals surface area contributed by atoms with Crippen molar-refractivity contribution in [3.05, 3.63) is 63.6 Å². The Morgan fingerprint density at radius 2 is 1.77 bits per heavy atom. The van der Waals surface area contributed by atoms with Gasteiger partial charge in [0.2, 0.25) is 15.9 Å². The number of hydrogen-bond donors (Lipinski definition) is 1. The minimum absolute atomic E-state index is 0.00385. The monoisotopic (exact) mass is 494 g/mol. The van der Waals surface area contributed by atoms with Crippen molar-refractivity contribution >= 4 is 44.8 Å². The van der Waals surface area contributed by atoms with Gasteiger partial charge in [-0.15, -0.1) is 0 Å². The molecule has 1 unspecified atom stereocenters. The van der Waals surface area contributed by atoms with Crippen molar-refractivity contribution in [2.45, 2.75) is 24.8 Å². The lowest BCUT2D eigenvalue weighted by Gasteiger charge is -2.31. The van der Waals surface area contributed by atoms with Crippen molar-refractivity contribution in [3.8, 4) is 0 Å². The molecule has 0 bridgehead atoms. The molecule has 31 heavy (non-hydrogen) atoms. The molecule has 1 amide bonds. The van der Waals surface area contributed by atoms with Crippen LogP contribution in [0.15, 0.2) is 42.5 Å². The molecule has 0 aromatic heterocycles. The standard InChI is InChI=1S/C20H19Cl2F3N2O3S/c21-17-8-3-13(10-18(17)22)12-31(29,30)27-9-1-2-14(11-27)19(28)26-16-6-4-15(5-7-16)20(23,24)25/h3-8,10,14H,1-2,9,11-12H2,(H,26,28). The van der Waals surface area contributed by atoms with Crippen LogP contribution < -0.4 is 5.32 Å². The second-order valence-electron chi connectivity index (χ2n) is 7.27. The molecule has 1 heterocycles. The van der Waals surface area contributed by atoms with E-state index in [4.69, 9.17) is 23.2 Å². The molecule has 0 saturated carbocycles. The highest BCUT2D eigenvalue weighted by atomic mass is 35.5. The van der Waals surface area contributed by atoms with Crippen molar-refractivity contribution < 1.29 is 26.4 Å². The van der Waals surface area contributed by atoms with E-state index in [0.717, 1.165) is 12.1 Å². The van der Waals surface area contributed by atoms with Crippen molar-refractivity contribution in [1.82, 2.24) is 4.31 Å². The Labute approximate surface area is 188 Å². The van der Waals surface area contributed by atoms with Crippen LogP contribution in [0, 0.1) is 5.92 Å².